The third-order valence-corrected chi connectivity index (χ3v) is 7.77. The molecule has 39 heavy (non-hydrogen) atoms. The number of hydrogen-bond donors (Lipinski definition) is 0. The van der Waals surface area contributed by atoms with E-state index in [1.54, 1.807) is 14.2 Å². The Morgan fingerprint density at radius 3 is 2.49 bits per heavy atom. The topological polar surface area (TPSA) is 67.1 Å². The zero-order valence-electron chi connectivity index (χ0n) is 21.7. The minimum atomic E-state index is -0.653. The summed E-state index contributed by atoms with van der Waals surface area (Å²) in [4.78, 5) is 13.5. The van der Waals surface area contributed by atoms with Gasteiger partial charge >= 0.3 is 5.97 Å². The normalized spacial score (nSPS) is 13.9. The monoisotopic (exact) mass is 587 g/mol. The average molecular weight is 588 g/mol. The number of methoxy groups -OCH3 is 3. The van der Waals surface area contributed by atoms with Crippen LogP contribution in [0.3, 0.4) is 0 Å². The van der Waals surface area contributed by atoms with Crippen LogP contribution in [0.1, 0.15) is 22.6 Å². The van der Waals surface area contributed by atoms with E-state index >= 15 is 0 Å². The Kier molecular flexibility index (Phi) is 6.22. The molecule has 1 unspecified atom stereocenters. The van der Waals surface area contributed by atoms with Crippen molar-refractivity contribution in [3.63, 3.8) is 0 Å². The van der Waals surface area contributed by atoms with Crippen LogP contribution < -0.4 is 40.5 Å². The van der Waals surface area contributed by atoms with E-state index in [9.17, 15) is 4.79 Å². The summed E-state index contributed by atoms with van der Waals surface area (Å²) in [5.41, 5.74) is 3.94. The van der Waals surface area contributed by atoms with Gasteiger partial charge in [0.25, 0.3) is 0 Å². The standard InChI is InChI=1S/C31H26NO6.BrH/c1-34-23-10-9-19-20-14-21(25(31(33)36-3)17-7-5-4-6-8-17)27-26-18(13-24-30(27)38-16-37-24)11-12-32(28(20)26)15-22(19)29(23)35-2;/h4-10,13-15,25H,11-12,16H2,1-3H3;1H/q+1;/p-1. The minimum absolute atomic E-state index is 0. The molecule has 0 N–H and O–H groups in total. The number of halogens is 1. The number of ether oxygens (including phenoxy) is 5. The predicted molar refractivity (Wildman–Crippen MR) is 142 cm³/mol. The third-order valence-electron chi connectivity index (χ3n) is 7.77. The highest BCUT2D eigenvalue weighted by atomic mass is 79.9. The highest BCUT2D eigenvalue weighted by Gasteiger charge is 2.35. The lowest BCUT2D eigenvalue weighted by Crippen LogP contribution is -3.00. The van der Waals surface area contributed by atoms with Crippen LogP contribution in [-0.4, -0.2) is 34.1 Å². The number of carbonyl (C=O) groups is 1. The number of fused-ring (bicyclic) bond motifs is 4. The van der Waals surface area contributed by atoms with Gasteiger partial charge in [-0.15, -0.1) is 0 Å². The van der Waals surface area contributed by atoms with E-state index in [0.29, 0.717) is 23.0 Å². The van der Waals surface area contributed by atoms with Crippen molar-refractivity contribution >= 4 is 38.4 Å². The molecule has 4 aromatic carbocycles. The summed E-state index contributed by atoms with van der Waals surface area (Å²) < 4.78 is 31.0. The molecule has 8 heteroatoms. The molecule has 0 amide bonds. The van der Waals surface area contributed by atoms with Gasteiger partial charge in [-0.25, -0.2) is 0 Å². The van der Waals surface area contributed by atoms with Crippen molar-refractivity contribution in [1.29, 1.82) is 0 Å². The third kappa shape index (κ3) is 3.61. The van der Waals surface area contributed by atoms with Crippen LogP contribution in [0, 0.1) is 0 Å². The molecule has 2 aliphatic rings. The van der Waals surface area contributed by atoms with Gasteiger partial charge in [-0.2, -0.15) is 4.57 Å². The van der Waals surface area contributed by atoms with Crippen LogP contribution in [0.15, 0.2) is 60.8 Å². The van der Waals surface area contributed by atoms with Gasteiger partial charge in [0, 0.05) is 17.2 Å². The van der Waals surface area contributed by atoms with E-state index in [0.717, 1.165) is 56.5 Å². The Bertz CT molecular complexity index is 1790. The molecule has 0 saturated carbocycles. The molecule has 3 heterocycles. The molecule has 0 bridgehead atoms. The van der Waals surface area contributed by atoms with Crippen LogP contribution in [0.4, 0.5) is 0 Å². The molecule has 1 atom stereocenters. The molecular formula is C31H26BrNO6. The summed E-state index contributed by atoms with van der Waals surface area (Å²) in [6, 6.07) is 17.9. The van der Waals surface area contributed by atoms with E-state index in [2.05, 4.69) is 29.0 Å². The fraction of sp³-hybridized carbons (Fsp3) is 0.226. The van der Waals surface area contributed by atoms with Gasteiger partial charge in [-0.1, -0.05) is 30.3 Å². The summed E-state index contributed by atoms with van der Waals surface area (Å²) in [5.74, 6) is 1.75. The zero-order chi connectivity index (χ0) is 26.0. The van der Waals surface area contributed by atoms with E-state index < -0.39 is 5.92 Å². The highest BCUT2D eigenvalue weighted by molar-refractivity contribution is 6.19. The lowest BCUT2D eigenvalue weighted by atomic mass is 9.83. The maximum absolute atomic E-state index is 13.5. The van der Waals surface area contributed by atoms with E-state index in [-0.39, 0.29) is 29.7 Å². The molecule has 198 valence electrons. The summed E-state index contributed by atoms with van der Waals surface area (Å²) in [7, 11) is 4.73. The maximum Gasteiger partial charge on any atom is 0.317 e. The fourth-order valence-corrected chi connectivity index (χ4v) is 6.16. The van der Waals surface area contributed by atoms with Gasteiger partial charge < -0.3 is 40.7 Å². The quantitative estimate of drug-likeness (QED) is 0.178. The highest BCUT2D eigenvalue weighted by Crippen LogP contribution is 2.50. The summed E-state index contributed by atoms with van der Waals surface area (Å²) >= 11 is 0. The lowest BCUT2D eigenvalue weighted by molar-refractivity contribution is -0.670. The molecule has 0 fully saturated rings. The first-order chi connectivity index (χ1) is 18.6. The number of esters is 1. The Morgan fingerprint density at radius 1 is 0.923 bits per heavy atom. The number of aryl methyl sites for hydroxylation is 2. The van der Waals surface area contributed by atoms with E-state index in [4.69, 9.17) is 23.7 Å². The largest absolute Gasteiger partial charge is 1.00 e. The summed E-state index contributed by atoms with van der Waals surface area (Å²) in [6.07, 6.45) is 2.95. The SMILES string of the molecule is COC(=O)C(c1ccccc1)c1cc2c3ccc(OC)c(OC)c3c[n+]3c2c2c(cc4c(c12)OCO4)CC3.[Br-]. The van der Waals surface area contributed by atoms with Crippen molar-refractivity contribution in [1.82, 2.24) is 0 Å². The van der Waals surface area contributed by atoms with Gasteiger partial charge in [-0.05, 0) is 41.0 Å². The van der Waals surface area contributed by atoms with Gasteiger partial charge in [0.2, 0.25) is 12.3 Å². The Balaban J connectivity index is 0.00000277. The minimum Gasteiger partial charge on any atom is -1.00 e. The predicted octanol–water partition coefficient (Wildman–Crippen LogP) is 2.04. The first kappa shape index (κ1) is 25.2. The van der Waals surface area contributed by atoms with Gasteiger partial charge in [0.05, 0.1) is 37.5 Å². The number of benzene rings is 4. The molecule has 7 nitrogen and oxygen atoms in total. The molecule has 1 aromatic heterocycles. The molecular weight excluding hydrogens is 562 g/mol. The first-order valence-corrected chi connectivity index (χ1v) is 12.6. The van der Waals surface area contributed by atoms with Gasteiger partial charge in [0.15, 0.2) is 35.7 Å². The van der Waals surface area contributed by atoms with Gasteiger partial charge in [-0.3, -0.25) is 4.79 Å². The van der Waals surface area contributed by atoms with Crippen LogP contribution >= 0.6 is 0 Å². The van der Waals surface area contributed by atoms with Crippen LogP contribution in [0.25, 0.3) is 32.4 Å². The first-order valence-electron chi connectivity index (χ1n) is 12.6. The maximum atomic E-state index is 13.5. The second-order valence-electron chi connectivity index (χ2n) is 9.58. The summed E-state index contributed by atoms with van der Waals surface area (Å²) in [6.45, 7) is 0.946. The van der Waals surface area contributed by atoms with Crippen molar-refractivity contribution in [3.8, 4) is 23.0 Å². The zero-order valence-corrected chi connectivity index (χ0v) is 23.3. The Labute approximate surface area is 235 Å². The molecule has 5 aromatic rings. The lowest BCUT2D eigenvalue weighted by Gasteiger charge is -2.23. The van der Waals surface area contributed by atoms with Crippen molar-refractivity contribution < 1.29 is 50.0 Å². The number of rotatable bonds is 5. The number of carbonyl (C=O) groups excluding carboxylic acids is 1. The van der Waals surface area contributed by atoms with Crippen LogP contribution in [-0.2, 0) is 22.5 Å². The second-order valence-corrected chi connectivity index (χ2v) is 9.58. The van der Waals surface area contributed by atoms with Crippen molar-refractivity contribution in [2.24, 2.45) is 0 Å². The second kappa shape index (κ2) is 9.61. The van der Waals surface area contributed by atoms with Crippen LogP contribution in [0.2, 0.25) is 0 Å². The Hall–Kier alpha value is -4.04. The van der Waals surface area contributed by atoms with Gasteiger partial charge in [0.1, 0.15) is 5.92 Å². The molecule has 0 saturated heterocycles. The fourth-order valence-electron chi connectivity index (χ4n) is 6.16. The van der Waals surface area contributed by atoms with Crippen molar-refractivity contribution in [2.75, 3.05) is 28.1 Å². The number of nitrogens with zero attached hydrogens (tertiary/aromatic N) is 1. The number of hydrogen-bond acceptors (Lipinski definition) is 6. The number of pyridine rings is 1. The smallest absolute Gasteiger partial charge is 0.317 e. The number of aromatic nitrogens is 1. The van der Waals surface area contributed by atoms with Crippen molar-refractivity contribution in [2.45, 2.75) is 18.9 Å². The van der Waals surface area contributed by atoms with Crippen LogP contribution in [0.5, 0.6) is 23.0 Å². The molecule has 0 radical (unpaired) electrons. The average Bonchev–Trinajstić information content (AvgIpc) is 3.43. The molecule has 7 rings (SSSR count). The molecule has 2 aliphatic heterocycles. The van der Waals surface area contributed by atoms with E-state index in [1.165, 1.54) is 12.7 Å². The van der Waals surface area contributed by atoms with E-state index in [1.807, 2.05) is 36.4 Å². The molecule has 0 aliphatic carbocycles. The van der Waals surface area contributed by atoms with Crippen molar-refractivity contribution in [3.05, 3.63) is 77.5 Å². The molecule has 0 spiro atoms. The summed E-state index contributed by atoms with van der Waals surface area (Å²) in [5, 5.41) is 4.96. The Morgan fingerprint density at radius 2 is 1.74 bits per heavy atom.